The van der Waals surface area contributed by atoms with E-state index in [9.17, 15) is 8.42 Å². The number of hydrogen-bond acceptors (Lipinski definition) is 3. The average Bonchev–Trinajstić information content (AvgIpc) is 2.28. The van der Waals surface area contributed by atoms with Crippen molar-refractivity contribution < 1.29 is 8.42 Å². The van der Waals surface area contributed by atoms with Crippen molar-refractivity contribution in [3.63, 3.8) is 0 Å². The van der Waals surface area contributed by atoms with Gasteiger partial charge in [-0.25, -0.2) is 13.1 Å². The number of aryl methyl sites for hydroxylation is 1. The molecule has 102 valence electrons. The zero-order valence-corrected chi connectivity index (χ0v) is 12.0. The monoisotopic (exact) mass is 270 g/mol. The van der Waals surface area contributed by atoms with E-state index in [4.69, 9.17) is 0 Å². The largest absolute Gasteiger partial charge is 0.314 e. The minimum absolute atomic E-state index is 0.333. The van der Waals surface area contributed by atoms with E-state index in [-0.39, 0.29) is 0 Å². The fourth-order valence-electron chi connectivity index (χ4n) is 1.55. The maximum absolute atomic E-state index is 11.9. The van der Waals surface area contributed by atoms with Gasteiger partial charge in [-0.3, -0.25) is 0 Å². The SMILES string of the molecule is Cc1cccc(S(=O)(=O)NCCCNC(C)C)c1. The van der Waals surface area contributed by atoms with E-state index < -0.39 is 10.0 Å². The average molecular weight is 270 g/mol. The van der Waals surface area contributed by atoms with Gasteiger partial charge in [-0.2, -0.15) is 0 Å². The summed E-state index contributed by atoms with van der Waals surface area (Å²) in [4.78, 5) is 0.333. The maximum Gasteiger partial charge on any atom is 0.240 e. The van der Waals surface area contributed by atoms with Crippen LogP contribution in [0.25, 0.3) is 0 Å². The molecule has 0 saturated carbocycles. The van der Waals surface area contributed by atoms with Gasteiger partial charge in [0.15, 0.2) is 0 Å². The fraction of sp³-hybridized carbons (Fsp3) is 0.538. The third-order valence-corrected chi connectivity index (χ3v) is 3.96. The molecule has 4 nitrogen and oxygen atoms in total. The molecule has 0 bridgehead atoms. The summed E-state index contributed by atoms with van der Waals surface area (Å²) in [5, 5.41) is 3.25. The van der Waals surface area contributed by atoms with Crippen molar-refractivity contribution in [3.05, 3.63) is 29.8 Å². The first-order valence-electron chi connectivity index (χ1n) is 6.21. The van der Waals surface area contributed by atoms with Gasteiger partial charge in [-0.1, -0.05) is 26.0 Å². The molecule has 0 aromatic heterocycles. The Morgan fingerprint density at radius 2 is 1.94 bits per heavy atom. The minimum atomic E-state index is -3.36. The molecular weight excluding hydrogens is 248 g/mol. The van der Waals surface area contributed by atoms with Crippen LogP contribution in [0.1, 0.15) is 25.8 Å². The Balaban J connectivity index is 2.46. The Morgan fingerprint density at radius 3 is 2.56 bits per heavy atom. The molecule has 1 rings (SSSR count). The van der Waals surface area contributed by atoms with E-state index in [2.05, 4.69) is 23.9 Å². The van der Waals surface area contributed by atoms with Crippen molar-refractivity contribution in [3.8, 4) is 0 Å². The zero-order chi connectivity index (χ0) is 13.6. The van der Waals surface area contributed by atoms with E-state index in [0.717, 1.165) is 18.5 Å². The zero-order valence-electron chi connectivity index (χ0n) is 11.2. The highest BCUT2D eigenvalue weighted by atomic mass is 32.2. The van der Waals surface area contributed by atoms with Gasteiger partial charge < -0.3 is 5.32 Å². The Labute approximate surface area is 110 Å². The minimum Gasteiger partial charge on any atom is -0.314 e. The van der Waals surface area contributed by atoms with Crippen LogP contribution in [0.3, 0.4) is 0 Å². The lowest BCUT2D eigenvalue weighted by Gasteiger charge is -2.09. The summed E-state index contributed by atoms with van der Waals surface area (Å²) >= 11 is 0. The third kappa shape index (κ3) is 5.16. The number of hydrogen-bond donors (Lipinski definition) is 2. The van der Waals surface area contributed by atoms with Crippen LogP contribution in [0.4, 0.5) is 0 Å². The van der Waals surface area contributed by atoms with Crippen LogP contribution in [0.15, 0.2) is 29.2 Å². The van der Waals surface area contributed by atoms with E-state index in [1.54, 1.807) is 18.2 Å². The molecule has 0 aliphatic rings. The first-order chi connectivity index (χ1) is 8.42. The quantitative estimate of drug-likeness (QED) is 0.741. The molecule has 2 N–H and O–H groups in total. The van der Waals surface area contributed by atoms with E-state index in [1.165, 1.54) is 0 Å². The molecule has 0 radical (unpaired) electrons. The second kappa shape index (κ2) is 6.87. The predicted octanol–water partition coefficient (Wildman–Crippen LogP) is 1.66. The molecule has 0 spiro atoms. The van der Waals surface area contributed by atoms with E-state index >= 15 is 0 Å². The summed E-state index contributed by atoms with van der Waals surface area (Å²) in [6.45, 7) is 7.28. The topological polar surface area (TPSA) is 58.2 Å². The molecule has 0 atom stereocenters. The molecular formula is C13H22N2O2S. The van der Waals surface area contributed by atoms with Gasteiger partial charge in [0.1, 0.15) is 0 Å². The molecule has 0 unspecified atom stereocenters. The Morgan fingerprint density at radius 1 is 1.22 bits per heavy atom. The molecule has 0 fully saturated rings. The predicted molar refractivity (Wildman–Crippen MR) is 74.1 cm³/mol. The number of rotatable bonds is 7. The van der Waals surface area contributed by atoms with Crippen LogP contribution < -0.4 is 10.0 Å². The Hall–Kier alpha value is -0.910. The van der Waals surface area contributed by atoms with Crippen molar-refractivity contribution in [1.29, 1.82) is 0 Å². The standard InChI is InChI=1S/C13H22N2O2S/c1-11(2)14-8-5-9-15-18(16,17)13-7-4-6-12(3)10-13/h4,6-7,10-11,14-15H,5,8-9H2,1-3H3. The molecule has 1 aromatic carbocycles. The van der Waals surface area contributed by atoms with Crippen LogP contribution in [0.2, 0.25) is 0 Å². The van der Waals surface area contributed by atoms with Crippen LogP contribution in [-0.2, 0) is 10.0 Å². The maximum atomic E-state index is 11.9. The van der Waals surface area contributed by atoms with E-state index in [1.807, 2.05) is 13.0 Å². The fourth-order valence-corrected chi connectivity index (χ4v) is 2.73. The van der Waals surface area contributed by atoms with Crippen molar-refractivity contribution in [2.24, 2.45) is 0 Å². The van der Waals surface area contributed by atoms with Gasteiger partial charge in [0.25, 0.3) is 0 Å². The van der Waals surface area contributed by atoms with Crippen LogP contribution in [0, 0.1) is 6.92 Å². The lowest BCUT2D eigenvalue weighted by atomic mass is 10.2. The first-order valence-corrected chi connectivity index (χ1v) is 7.70. The van der Waals surface area contributed by atoms with Gasteiger partial charge in [0, 0.05) is 12.6 Å². The van der Waals surface area contributed by atoms with Crippen LogP contribution >= 0.6 is 0 Å². The van der Waals surface area contributed by atoms with Gasteiger partial charge >= 0.3 is 0 Å². The Bertz CT molecular complexity index is 470. The van der Waals surface area contributed by atoms with Gasteiger partial charge in [-0.15, -0.1) is 0 Å². The second-order valence-corrected chi connectivity index (χ2v) is 6.44. The number of nitrogens with one attached hydrogen (secondary N) is 2. The molecule has 18 heavy (non-hydrogen) atoms. The number of sulfonamides is 1. The van der Waals surface area contributed by atoms with Crippen molar-refractivity contribution in [2.45, 2.75) is 38.1 Å². The molecule has 1 aromatic rings. The smallest absolute Gasteiger partial charge is 0.240 e. The van der Waals surface area contributed by atoms with Gasteiger partial charge in [-0.05, 0) is 37.6 Å². The summed E-state index contributed by atoms with van der Waals surface area (Å²) in [5.74, 6) is 0. The lowest BCUT2D eigenvalue weighted by Crippen LogP contribution is -2.29. The second-order valence-electron chi connectivity index (χ2n) is 4.68. The van der Waals surface area contributed by atoms with Crippen LogP contribution in [0.5, 0.6) is 0 Å². The molecule has 0 heterocycles. The molecule has 0 saturated heterocycles. The van der Waals surface area contributed by atoms with Crippen molar-refractivity contribution in [2.75, 3.05) is 13.1 Å². The molecule has 0 aliphatic carbocycles. The molecule has 0 aliphatic heterocycles. The van der Waals surface area contributed by atoms with Gasteiger partial charge in [0.05, 0.1) is 4.90 Å². The summed E-state index contributed by atoms with van der Waals surface area (Å²) in [6.07, 6.45) is 0.781. The van der Waals surface area contributed by atoms with Crippen molar-refractivity contribution in [1.82, 2.24) is 10.0 Å². The van der Waals surface area contributed by atoms with Crippen molar-refractivity contribution >= 4 is 10.0 Å². The third-order valence-electron chi connectivity index (χ3n) is 2.50. The highest BCUT2D eigenvalue weighted by Crippen LogP contribution is 2.10. The summed E-state index contributed by atoms with van der Waals surface area (Å²) in [5.41, 5.74) is 0.944. The highest BCUT2D eigenvalue weighted by Gasteiger charge is 2.12. The lowest BCUT2D eigenvalue weighted by molar-refractivity contribution is 0.554. The van der Waals surface area contributed by atoms with Crippen LogP contribution in [-0.4, -0.2) is 27.5 Å². The normalized spacial score (nSPS) is 12.0. The first kappa shape index (κ1) is 15.1. The summed E-state index contributed by atoms with van der Waals surface area (Å²) in [6, 6.07) is 7.35. The summed E-state index contributed by atoms with van der Waals surface area (Å²) < 4.78 is 26.5. The Kier molecular flexibility index (Phi) is 5.78. The highest BCUT2D eigenvalue weighted by molar-refractivity contribution is 7.89. The summed E-state index contributed by atoms with van der Waals surface area (Å²) in [7, 11) is -3.36. The van der Waals surface area contributed by atoms with E-state index in [0.29, 0.717) is 17.5 Å². The molecule has 0 amide bonds. The molecule has 5 heteroatoms. The van der Waals surface area contributed by atoms with Gasteiger partial charge in [0.2, 0.25) is 10.0 Å². The number of benzene rings is 1.